The summed E-state index contributed by atoms with van der Waals surface area (Å²) in [6, 6.07) is 3.08. The van der Waals surface area contributed by atoms with Crippen LogP contribution in [0.4, 0.5) is 0 Å². The van der Waals surface area contributed by atoms with Crippen LogP contribution in [0.1, 0.15) is 25.5 Å². The lowest BCUT2D eigenvalue weighted by Gasteiger charge is -2.15. The van der Waals surface area contributed by atoms with Gasteiger partial charge >= 0.3 is 0 Å². The molecule has 0 spiro atoms. The summed E-state index contributed by atoms with van der Waals surface area (Å²) < 4.78 is 0. The summed E-state index contributed by atoms with van der Waals surface area (Å²) in [5.74, 6) is -0.0498. The normalized spacial score (nSPS) is 13.4. The van der Waals surface area contributed by atoms with Gasteiger partial charge in [0.15, 0.2) is 0 Å². The molecule has 1 atom stereocenters. The highest BCUT2D eigenvalue weighted by Crippen LogP contribution is 2.36. The fourth-order valence-corrected chi connectivity index (χ4v) is 2.19. The minimum Gasteiger partial charge on any atom is -0.228 e. The van der Waals surface area contributed by atoms with Gasteiger partial charge in [0, 0.05) is 20.6 Å². The molecule has 1 aromatic carbocycles. The Morgan fingerprint density at radius 3 is 1.86 bits per heavy atom. The third kappa shape index (κ3) is 2.54. The van der Waals surface area contributed by atoms with Gasteiger partial charge in [-0.2, -0.15) is 0 Å². The van der Waals surface area contributed by atoms with Gasteiger partial charge in [-0.25, -0.2) is 5.11 Å². The lowest BCUT2D eigenvalue weighted by Crippen LogP contribution is -2.05. The fourth-order valence-electron chi connectivity index (χ4n) is 1.16. The molecule has 0 saturated heterocycles. The van der Waals surface area contributed by atoms with Crippen LogP contribution < -0.4 is 0 Å². The summed E-state index contributed by atoms with van der Waals surface area (Å²) in [5.41, 5.74) is 0.438. The second-order valence-electron chi connectivity index (χ2n) is 3.45. The first-order chi connectivity index (χ1) is 6.43. The van der Waals surface area contributed by atoms with Crippen molar-refractivity contribution in [3.63, 3.8) is 0 Å². The molecular weight excluding hydrogens is 242 g/mol. The molecule has 1 aromatic rings. The minimum absolute atomic E-state index is 0.0498. The van der Waals surface area contributed by atoms with Crippen LogP contribution in [0, 0.1) is 5.92 Å². The molecule has 0 amide bonds. The van der Waals surface area contributed by atoms with Crippen molar-refractivity contribution in [3.05, 3.63) is 32.8 Å². The van der Waals surface area contributed by atoms with Crippen molar-refractivity contribution in [1.82, 2.24) is 0 Å². The zero-order chi connectivity index (χ0) is 10.9. The molecule has 0 aliphatic carbocycles. The van der Waals surface area contributed by atoms with Gasteiger partial charge in [0.1, 0.15) is 6.10 Å². The predicted molar refractivity (Wildman–Crippen MR) is 59.7 cm³/mol. The summed E-state index contributed by atoms with van der Waals surface area (Å²) >= 11 is 17.5. The fraction of sp³-hybridized carbons (Fsp3) is 0.400. The Bertz CT molecular complexity index is 313. The van der Waals surface area contributed by atoms with Crippen LogP contribution >= 0.6 is 34.8 Å². The van der Waals surface area contributed by atoms with Crippen molar-refractivity contribution in [2.45, 2.75) is 20.0 Å². The average molecular weight is 253 g/mol. The smallest absolute Gasteiger partial charge is 0.123 e. The molecule has 14 heavy (non-hydrogen) atoms. The van der Waals surface area contributed by atoms with Gasteiger partial charge in [-0.1, -0.05) is 48.7 Å². The van der Waals surface area contributed by atoms with E-state index in [-0.39, 0.29) is 5.92 Å². The maximum Gasteiger partial charge on any atom is 0.123 e. The lowest BCUT2D eigenvalue weighted by molar-refractivity contribution is 0.0489. The highest BCUT2D eigenvalue weighted by Gasteiger charge is 2.20. The summed E-state index contributed by atoms with van der Waals surface area (Å²) in [7, 11) is 0. The van der Waals surface area contributed by atoms with Crippen LogP contribution in [-0.4, -0.2) is 0 Å². The topological polar surface area (TPSA) is 19.9 Å². The first kappa shape index (κ1) is 12.1. The maximum absolute atomic E-state index is 11.8. The second-order valence-corrected chi connectivity index (χ2v) is 4.70. The number of rotatable bonds is 2. The van der Waals surface area contributed by atoms with Crippen molar-refractivity contribution in [3.8, 4) is 0 Å². The van der Waals surface area contributed by atoms with Gasteiger partial charge in [-0.15, -0.1) is 0 Å². The third-order valence-electron chi connectivity index (χ3n) is 1.93. The Kier molecular flexibility index (Phi) is 4.08. The number of hydrogen-bond acceptors (Lipinski definition) is 0. The zero-order valence-electron chi connectivity index (χ0n) is 7.85. The molecule has 1 unspecified atom stereocenters. The van der Waals surface area contributed by atoms with E-state index in [2.05, 4.69) is 0 Å². The van der Waals surface area contributed by atoms with Gasteiger partial charge in [0.25, 0.3) is 0 Å². The van der Waals surface area contributed by atoms with Crippen molar-refractivity contribution in [2.24, 2.45) is 5.92 Å². The highest BCUT2D eigenvalue weighted by molar-refractivity contribution is 6.39. The molecule has 0 heterocycles. The molecule has 4 heteroatoms. The van der Waals surface area contributed by atoms with E-state index in [1.807, 2.05) is 13.8 Å². The van der Waals surface area contributed by atoms with E-state index >= 15 is 0 Å². The third-order valence-corrected chi connectivity index (χ3v) is 2.78. The molecule has 0 saturated carbocycles. The summed E-state index contributed by atoms with van der Waals surface area (Å²) in [6.07, 6.45) is -0.910. The van der Waals surface area contributed by atoms with E-state index in [1.165, 1.54) is 12.1 Å². The van der Waals surface area contributed by atoms with Crippen molar-refractivity contribution in [1.29, 1.82) is 0 Å². The van der Waals surface area contributed by atoms with Crippen LogP contribution in [0.2, 0.25) is 15.1 Å². The SMILES string of the molecule is CC(C)C([O])c1c(Cl)cc(Cl)cc1Cl. The van der Waals surface area contributed by atoms with Crippen LogP contribution in [-0.2, 0) is 5.11 Å². The average Bonchev–Trinajstić information content (AvgIpc) is 2.01. The van der Waals surface area contributed by atoms with Crippen LogP contribution in [0.3, 0.4) is 0 Å². The van der Waals surface area contributed by atoms with Crippen LogP contribution in [0.15, 0.2) is 12.1 Å². The van der Waals surface area contributed by atoms with Gasteiger partial charge in [0.05, 0.1) is 0 Å². The van der Waals surface area contributed by atoms with E-state index in [0.717, 1.165) is 0 Å². The first-order valence-electron chi connectivity index (χ1n) is 4.23. The molecule has 0 aromatic heterocycles. The molecule has 0 aliphatic rings. The van der Waals surface area contributed by atoms with Gasteiger partial charge < -0.3 is 0 Å². The van der Waals surface area contributed by atoms with E-state index in [0.29, 0.717) is 20.6 Å². The van der Waals surface area contributed by atoms with Crippen LogP contribution in [0.25, 0.3) is 0 Å². The van der Waals surface area contributed by atoms with E-state index < -0.39 is 6.10 Å². The molecule has 1 radical (unpaired) electrons. The van der Waals surface area contributed by atoms with Gasteiger partial charge in [-0.3, -0.25) is 0 Å². The number of benzene rings is 1. The Hall–Kier alpha value is 0.0500. The minimum atomic E-state index is -0.910. The van der Waals surface area contributed by atoms with Crippen molar-refractivity contribution in [2.75, 3.05) is 0 Å². The van der Waals surface area contributed by atoms with Crippen LogP contribution in [0.5, 0.6) is 0 Å². The molecule has 77 valence electrons. The number of hydrogen-bond donors (Lipinski definition) is 0. The largest absolute Gasteiger partial charge is 0.228 e. The predicted octanol–water partition coefficient (Wildman–Crippen LogP) is 4.77. The Labute approximate surface area is 98.6 Å². The van der Waals surface area contributed by atoms with Gasteiger partial charge in [-0.05, 0) is 18.1 Å². The van der Waals surface area contributed by atoms with Crippen molar-refractivity contribution >= 4 is 34.8 Å². The molecule has 0 bridgehead atoms. The van der Waals surface area contributed by atoms with Crippen molar-refractivity contribution < 1.29 is 5.11 Å². The van der Waals surface area contributed by atoms with Gasteiger partial charge in [0.2, 0.25) is 0 Å². The van der Waals surface area contributed by atoms with E-state index in [4.69, 9.17) is 34.8 Å². The quantitative estimate of drug-likeness (QED) is 0.722. The molecule has 1 nitrogen and oxygen atoms in total. The summed E-state index contributed by atoms with van der Waals surface area (Å²) in [6.45, 7) is 3.66. The Balaban J connectivity index is 3.20. The standard InChI is InChI=1S/C10H10Cl3O/c1-5(2)10(14)9-7(12)3-6(11)4-8(9)13/h3-5,10H,1-2H3. The molecule has 1 rings (SSSR count). The van der Waals surface area contributed by atoms with E-state index in [1.54, 1.807) is 0 Å². The molecule has 0 fully saturated rings. The summed E-state index contributed by atoms with van der Waals surface area (Å²) in [4.78, 5) is 0. The lowest BCUT2D eigenvalue weighted by atomic mass is 9.99. The monoisotopic (exact) mass is 251 g/mol. The Morgan fingerprint density at radius 1 is 1.07 bits per heavy atom. The first-order valence-corrected chi connectivity index (χ1v) is 5.37. The summed E-state index contributed by atoms with van der Waals surface area (Å²) in [5, 5.41) is 12.9. The molecular formula is C10H10Cl3O. The second kappa shape index (κ2) is 4.71. The Morgan fingerprint density at radius 2 is 1.50 bits per heavy atom. The maximum atomic E-state index is 11.8. The zero-order valence-corrected chi connectivity index (χ0v) is 10.1. The highest BCUT2D eigenvalue weighted by atomic mass is 35.5. The van der Waals surface area contributed by atoms with E-state index in [9.17, 15) is 5.11 Å². The molecule has 0 aliphatic heterocycles. The number of halogens is 3. The molecule has 0 N–H and O–H groups in total.